The van der Waals surface area contributed by atoms with Crippen LogP contribution in [0.3, 0.4) is 0 Å². The van der Waals surface area contributed by atoms with Crippen molar-refractivity contribution < 1.29 is 13.5 Å². The maximum Gasteiger partial charge on any atom is 0.400 e. The maximum atomic E-state index is 14.7. The van der Waals surface area contributed by atoms with Gasteiger partial charge in [-0.1, -0.05) is 49.6 Å². The number of ether oxygens (including phenoxy) is 1. The highest BCUT2D eigenvalue weighted by atomic mass is 19.3. The van der Waals surface area contributed by atoms with Crippen LogP contribution in [-0.4, -0.2) is 6.11 Å². The van der Waals surface area contributed by atoms with Gasteiger partial charge < -0.3 is 4.74 Å². The molecule has 3 aliphatic rings. The van der Waals surface area contributed by atoms with Crippen molar-refractivity contribution in [2.75, 3.05) is 0 Å². The Bertz CT molecular complexity index is 716. The third kappa shape index (κ3) is 6.35. The molecule has 0 radical (unpaired) electrons. The zero-order valence-corrected chi connectivity index (χ0v) is 20.1. The number of hydrogen-bond acceptors (Lipinski definition) is 1. The van der Waals surface area contributed by atoms with Gasteiger partial charge in [0.05, 0.1) is 5.92 Å². The average Bonchev–Trinajstić information content (AvgIpc) is 2.80. The van der Waals surface area contributed by atoms with Gasteiger partial charge in [0, 0.05) is 0 Å². The molecule has 3 saturated carbocycles. The maximum absolute atomic E-state index is 14.7. The van der Waals surface area contributed by atoms with E-state index in [4.69, 9.17) is 4.74 Å². The summed E-state index contributed by atoms with van der Waals surface area (Å²) in [5.74, 6) is 3.63. The molecule has 178 valence electrons. The summed E-state index contributed by atoms with van der Waals surface area (Å²) in [6.07, 6.45) is 15.7. The van der Waals surface area contributed by atoms with Gasteiger partial charge in [-0.05, 0) is 113 Å². The summed E-state index contributed by atoms with van der Waals surface area (Å²) in [7, 11) is 0. The molecule has 0 atom stereocenters. The van der Waals surface area contributed by atoms with Gasteiger partial charge in [0.2, 0.25) is 0 Å². The van der Waals surface area contributed by atoms with Crippen LogP contribution in [0.4, 0.5) is 8.78 Å². The van der Waals surface area contributed by atoms with Gasteiger partial charge in [0.1, 0.15) is 5.75 Å². The Kier molecular flexibility index (Phi) is 7.95. The smallest absolute Gasteiger partial charge is 0.400 e. The van der Waals surface area contributed by atoms with E-state index in [2.05, 4.69) is 19.1 Å². The van der Waals surface area contributed by atoms with Crippen molar-refractivity contribution in [1.82, 2.24) is 0 Å². The quantitative estimate of drug-likeness (QED) is 0.398. The molecule has 0 amide bonds. The van der Waals surface area contributed by atoms with Gasteiger partial charge in [-0.2, -0.15) is 8.78 Å². The van der Waals surface area contributed by atoms with E-state index in [9.17, 15) is 8.78 Å². The first-order valence-electron chi connectivity index (χ1n) is 13.2. The lowest BCUT2D eigenvalue weighted by Gasteiger charge is -2.37. The number of hydrogen-bond donors (Lipinski definition) is 0. The first-order chi connectivity index (χ1) is 15.4. The first-order valence-corrected chi connectivity index (χ1v) is 13.2. The van der Waals surface area contributed by atoms with Crippen molar-refractivity contribution in [2.24, 2.45) is 35.5 Å². The molecular formula is C29H42F2O. The van der Waals surface area contributed by atoms with Crippen LogP contribution in [0.25, 0.3) is 0 Å². The fourth-order valence-corrected chi connectivity index (χ4v) is 6.37. The van der Waals surface area contributed by atoms with Gasteiger partial charge >= 0.3 is 6.11 Å². The third-order valence-electron chi connectivity index (χ3n) is 8.72. The second-order valence-electron chi connectivity index (χ2n) is 11.2. The van der Waals surface area contributed by atoms with E-state index >= 15 is 0 Å². The Hall–Kier alpha value is -1.38. The number of benzene rings is 1. The predicted molar refractivity (Wildman–Crippen MR) is 128 cm³/mol. The Morgan fingerprint density at radius 1 is 0.719 bits per heavy atom. The Balaban J connectivity index is 1.18. The minimum absolute atomic E-state index is 0.265. The molecule has 0 aliphatic heterocycles. The summed E-state index contributed by atoms with van der Waals surface area (Å²) in [5.41, 5.74) is 1.05. The molecule has 3 fully saturated rings. The van der Waals surface area contributed by atoms with E-state index in [0.717, 1.165) is 36.2 Å². The minimum atomic E-state index is -3.08. The monoisotopic (exact) mass is 444 g/mol. The fourth-order valence-electron chi connectivity index (χ4n) is 6.37. The molecule has 32 heavy (non-hydrogen) atoms. The van der Waals surface area contributed by atoms with Crippen molar-refractivity contribution in [3.05, 3.63) is 42.0 Å². The third-order valence-corrected chi connectivity index (χ3v) is 8.72. The predicted octanol–water partition coefficient (Wildman–Crippen LogP) is 8.96. The molecule has 1 aromatic rings. The SMILES string of the molecule is Cc1ccc(OC(F)(F)C2CCC(/C=C/C3CCC(C4CCC(C)CC4)CC3)CC2)cc1. The molecular weight excluding hydrogens is 402 g/mol. The zero-order valence-electron chi connectivity index (χ0n) is 20.1. The Morgan fingerprint density at radius 2 is 1.19 bits per heavy atom. The Labute approximate surface area is 194 Å². The van der Waals surface area contributed by atoms with E-state index in [1.54, 1.807) is 12.1 Å². The summed E-state index contributed by atoms with van der Waals surface area (Å²) in [6, 6.07) is 6.91. The molecule has 0 unspecified atom stereocenters. The molecule has 3 aliphatic carbocycles. The number of aryl methyl sites for hydroxylation is 1. The minimum Gasteiger partial charge on any atom is -0.432 e. The lowest BCUT2D eigenvalue weighted by molar-refractivity contribution is -0.223. The number of rotatable bonds is 6. The van der Waals surface area contributed by atoms with Crippen molar-refractivity contribution in [3.8, 4) is 5.75 Å². The molecule has 3 heteroatoms. The zero-order chi connectivity index (χ0) is 22.6. The first kappa shape index (κ1) is 23.8. The van der Waals surface area contributed by atoms with Crippen LogP contribution in [0.2, 0.25) is 0 Å². The van der Waals surface area contributed by atoms with Crippen molar-refractivity contribution in [3.63, 3.8) is 0 Å². The molecule has 0 saturated heterocycles. The lowest BCUT2D eigenvalue weighted by atomic mass is 9.69. The molecule has 0 spiro atoms. The Morgan fingerprint density at radius 3 is 1.72 bits per heavy atom. The van der Waals surface area contributed by atoms with Gasteiger partial charge in [-0.25, -0.2) is 0 Å². The number of alkyl halides is 2. The summed E-state index contributed by atoms with van der Waals surface area (Å²) < 4.78 is 34.4. The van der Waals surface area contributed by atoms with Crippen LogP contribution in [0.15, 0.2) is 36.4 Å². The largest absolute Gasteiger partial charge is 0.432 e. The highest BCUT2D eigenvalue weighted by Crippen LogP contribution is 2.43. The van der Waals surface area contributed by atoms with Crippen molar-refractivity contribution in [1.29, 1.82) is 0 Å². The van der Waals surface area contributed by atoms with Crippen molar-refractivity contribution >= 4 is 0 Å². The van der Waals surface area contributed by atoms with E-state index in [0.29, 0.717) is 24.7 Å². The molecule has 0 heterocycles. The van der Waals surface area contributed by atoms with E-state index in [-0.39, 0.29) is 5.75 Å². The highest BCUT2D eigenvalue weighted by Gasteiger charge is 2.43. The topological polar surface area (TPSA) is 9.23 Å². The van der Waals surface area contributed by atoms with Gasteiger partial charge in [0.25, 0.3) is 0 Å². The summed E-state index contributed by atoms with van der Waals surface area (Å²) >= 11 is 0. The van der Waals surface area contributed by atoms with E-state index in [1.165, 1.54) is 51.4 Å². The number of halogens is 2. The van der Waals surface area contributed by atoms with Crippen LogP contribution >= 0.6 is 0 Å². The molecule has 0 aromatic heterocycles. The number of allylic oxidation sites excluding steroid dienone is 2. The van der Waals surface area contributed by atoms with Gasteiger partial charge in [0.15, 0.2) is 0 Å². The molecule has 1 aromatic carbocycles. The average molecular weight is 445 g/mol. The highest BCUT2D eigenvalue weighted by molar-refractivity contribution is 5.26. The fraction of sp³-hybridized carbons (Fsp3) is 0.724. The van der Waals surface area contributed by atoms with Crippen LogP contribution < -0.4 is 4.74 Å². The van der Waals surface area contributed by atoms with E-state index < -0.39 is 12.0 Å². The summed E-state index contributed by atoms with van der Waals surface area (Å²) in [4.78, 5) is 0. The molecule has 1 nitrogen and oxygen atoms in total. The molecule has 4 rings (SSSR count). The van der Waals surface area contributed by atoms with Crippen LogP contribution in [0, 0.1) is 42.4 Å². The van der Waals surface area contributed by atoms with Crippen LogP contribution in [0.5, 0.6) is 5.75 Å². The summed E-state index contributed by atoms with van der Waals surface area (Å²) in [5, 5.41) is 0. The standard InChI is InChI=1S/C29H42F2O/c1-21-3-13-25(14-4-21)26-15-9-23(10-16-26)7-8-24-11-17-27(18-12-24)29(30,31)32-28-19-5-22(2)6-20-28/h5-8,19-21,23-27H,3-4,9-18H2,1-2H3/b8-7+. The molecule has 0 N–H and O–H groups in total. The second kappa shape index (κ2) is 10.7. The molecule has 0 bridgehead atoms. The normalized spacial score (nSPS) is 34.5. The van der Waals surface area contributed by atoms with Crippen LogP contribution in [-0.2, 0) is 0 Å². The van der Waals surface area contributed by atoms with Gasteiger partial charge in [-0.3, -0.25) is 0 Å². The second-order valence-corrected chi connectivity index (χ2v) is 11.2. The van der Waals surface area contributed by atoms with Crippen molar-refractivity contribution in [2.45, 2.75) is 97.0 Å². The van der Waals surface area contributed by atoms with Gasteiger partial charge in [-0.15, -0.1) is 0 Å². The lowest BCUT2D eigenvalue weighted by Crippen LogP contribution is -2.37. The van der Waals surface area contributed by atoms with E-state index in [1.807, 2.05) is 19.1 Å². The van der Waals surface area contributed by atoms with Crippen LogP contribution in [0.1, 0.15) is 89.5 Å². The summed E-state index contributed by atoms with van der Waals surface area (Å²) in [6.45, 7) is 4.35.